The van der Waals surface area contributed by atoms with Crippen LogP contribution < -0.4 is 11.1 Å². The van der Waals surface area contributed by atoms with Crippen molar-refractivity contribution in [2.45, 2.75) is 30.2 Å². The summed E-state index contributed by atoms with van der Waals surface area (Å²) in [5, 5.41) is 3.23. The van der Waals surface area contributed by atoms with Gasteiger partial charge in [0.25, 0.3) is 0 Å². The van der Waals surface area contributed by atoms with Crippen molar-refractivity contribution in [1.82, 2.24) is 5.32 Å². The molecular weight excluding hydrogens is 256 g/mol. The SMILES string of the molecule is NC[C@H]1CCC[C@H]1C(=O)NC1CSc2ccccc21. The lowest BCUT2D eigenvalue weighted by Crippen LogP contribution is -2.37. The van der Waals surface area contributed by atoms with E-state index in [1.54, 1.807) is 0 Å². The molecule has 2 aliphatic rings. The lowest BCUT2D eigenvalue weighted by atomic mass is 9.95. The second-order valence-corrected chi connectivity index (χ2v) is 6.51. The van der Waals surface area contributed by atoms with Crippen LogP contribution in [0.2, 0.25) is 0 Å². The molecule has 1 heterocycles. The molecule has 0 spiro atoms. The van der Waals surface area contributed by atoms with Gasteiger partial charge in [-0.05, 0) is 36.9 Å². The molecule has 0 saturated heterocycles. The zero-order valence-corrected chi connectivity index (χ0v) is 11.8. The molecule has 3 nitrogen and oxygen atoms in total. The highest BCUT2D eigenvalue weighted by Gasteiger charge is 2.34. The van der Waals surface area contributed by atoms with E-state index >= 15 is 0 Å². The van der Waals surface area contributed by atoms with E-state index in [0.717, 1.165) is 25.0 Å². The van der Waals surface area contributed by atoms with Crippen LogP contribution in [0.4, 0.5) is 0 Å². The summed E-state index contributed by atoms with van der Waals surface area (Å²) in [5.74, 6) is 1.66. The average Bonchev–Trinajstić information content (AvgIpc) is 3.05. The number of benzene rings is 1. The molecule has 0 aromatic heterocycles. The standard InChI is InChI=1S/C15H20N2OS/c16-8-10-4-3-6-11(10)15(18)17-13-9-19-14-7-2-1-5-12(13)14/h1-2,5,7,10-11,13H,3-4,6,8-9,16H2,(H,17,18)/t10-,11-,13?/m1/s1. The van der Waals surface area contributed by atoms with Gasteiger partial charge in [0.1, 0.15) is 0 Å². The number of carbonyl (C=O) groups excluding carboxylic acids is 1. The van der Waals surface area contributed by atoms with E-state index in [1.165, 1.54) is 10.5 Å². The van der Waals surface area contributed by atoms with Crippen molar-refractivity contribution in [1.29, 1.82) is 0 Å². The Balaban J connectivity index is 1.68. The minimum absolute atomic E-state index is 0.128. The fraction of sp³-hybridized carbons (Fsp3) is 0.533. The van der Waals surface area contributed by atoms with Crippen LogP contribution in [0, 0.1) is 11.8 Å². The second-order valence-electron chi connectivity index (χ2n) is 5.44. The molecule has 4 heteroatoms. The number of thioether (sulfide) groups is 1. The lowest BCUT2D eigenvalue weighted by molar-refractivity contribution is -0.126. The predicted octanol–water partition coefficient (Wildman–Crippen LogP) is 2.32. The van der Waals surface area contributed by atoms with Gasteiger partial charge < -0.3 is 11.1 Å². The molecule has 0 bridgehead atoms. The molecule has 1 saturated carbocycles. The van der Waals surface area contributed by atoms with Crippen molar-refractivity contribution in [3.05, 3.63) is 29.8 Å². The predicted molar refractivity (Wildman–Crippen MR) is 77.9 cm³/mol. The summed E-state index contributed by atoms with van der Waals surface area (Å²) in [6.45, 7) is 0.633. The number of rotatable bonds is 3. The Bertz CT molecular complexity index is 477. The maximum Gasteiger partial charge on any atom is 0.223 e. The Labute approximate surface area is 118 Å². The topological polar surface area (TPSA) is 55.1 Å². The first kappa shape index (κ1) is 13.0. The summed E-state index contributed by atoms with van der Waals surface area (Å²) >= 11 is 1.83. The molecule has 1 aliphatic carbocycles. The Morgan fingerprint density at radius 3 is 3.05 bits per heavy atom. The fourth-order valence-electron chi connectivity index (χ4n) is 3.23. The summed E-state index contributed by atoms with van der Waals surface area (Å²) in [7, 11) is 0. The van der Waals surface area contributed by atoms with Gasteiger partial charge in [-0.2, -0.15) is 0 Å². The van der Waals surface area contributed by atoms with Crippen LogP contribution in [0.5, 0.6) is 0 Å². The molecule has 1 amide bonds. The van der Waals surface area contributed by atoms with Crippen LogP contribution in [0.25, 0.3) is 0 Å². The van der Waals surface area contributed by atoms with Gasteiger partial charge in [-0.3, -0.25) is 4.79 Å². The molecule has 3 rings (SSSR count). The highest BCUT2D eigenvalue weighted by Crippen LogP contribution is 2.38. The van der Waals surface area contributed by atoms with E-state index in [2.05, 4.69) is 23.5 Å². The van der Waals surface area contributed by atoms with Gasteiger partial charge in [0.2, 0.25) is 5.91 Å². The van der Waals surface area contributed by atoms with Crippen molar-refractivity contribution in [3.8, 4) is 0 Å². The molecule has 19 heavy (non-hydrogen) atoms. The minimum Gasteiger partial charge on any atom is -0.348 e. The number of amides is 1. The van der Waals surface area contributed by atoms with Crippen LogP contribution in [-0.2, 0) is 4.79 Å². The molecule has 3 N–H and O–H groups in total. The Kier molecular flexibility index (Phi) is 3.80. The van der Waals surface area contributed by atoms with Crippen molar-refractivity contribution in [3.63, 3.8) is 0 Å². The number of hydrogen-bond donors (Lipinski definition) is 2. The third-order valence-electron chi connectivity index (χ3n) is 4.32. The maximum atomic E-state index is 12.4. The van der Waals surface area contributed by atoms with Crippen molar-refractivity contribution in [2.24, 2.45) is 17.6 Å². The lowest BCUT2D eigenvalue weighted by Gasteiger charge is -2.20. The Morgan fingerprint density at radius 1 is 1.37 bits per heavy atom. The van der Waals surface area contributed by atoms with E-state index in [0.29, 0.717) is 12.5 Å². The van der Waals surface area contributed by atoms with E-state index in [1.807, 2.05) is 17.8 Å². The van der Waals surface area contributed by atoms with Gasteiger partial charge in [-0.25, -0.2) is 0 Å². The first-order valence-corrected chi connectivity index (χ1v) is 8.00. The minimum atomic E-state index is 0.128. The third-order valence-corrected chi connectivity index (χ3v) is 5.50. The molecule has 1 aromatic rings. The van der Waals surface area contributed by atoms with Gasteiger partial charge in [0, 0.05) is 16.6 Å². The summed E-state index contributed by atoms with van der Waals surface area (Å²) in [5.41, 5.74) is 7.03. The van der Waals surface area contributed by atoms with E-state index in [4.69, 9.17) is 5.73 Å². The quantitative estimate of drug-likeness (QED) is 0.891. The number of nitrogens with one attached hydrogen (secondary N) is 1. The molecule has 1 aromatic carbocycles. The number of fused-ring (bicyclic) bond motifs is 1. The zero-order chi connectivity index (χ0) is 13.2. The van der Waals surface area contributed by atoms with Crippen LogP contribution in [0.3, 0.4) is 0 Å². The molecular formula is C15H20N2OS. The van der Waals surface area contributed by atoms with Crippen LogP contribution in [0.15, 0.2) is 29.2 Å². The van der Waals surface area contributed by atoms with Gasteiger partial charge in [-0.15, -0.1) is 11.8 Å². The van der Waals surface area contributed by atoms with Gasteiger partial charge in [0.05, 0.1) is 6.04 Å². The Hall–Kier alpha value is -1.00. The van der Waals surface area contributed by atoms with Crippen LogP contribution in [0.1, 0.15) is 30.9 Å². The van der Waals surface area contributed by atoms with Crippen molar-refractivity contribution >= 4 is 17.7 Å². The van der Waals surface area contributed by atoms with Gasteiger partial charge in [0.15, 0.2) is 0 Å². The highest BCUT2D eigenvalue weighted by molar-refractivity contribution is 7.99. The normalized spacial score (nSPS) is 29.2. The molecule has 1 unspecified atom stereocenters. The summed E-state index contributed by atoms with van der Waals surface area (Å²) < 4.78 is 0. The third kappa shape index (κ3) is 2.51. The van der Waals surface area contributed by atoms with Crippen LogP contribution in [-0.4, -0.2) is 18.2 Å². The first-order valence-electron chi connectivity index (χ1n) is 7.01. The summed E-state index contributed by atoms with van der Waals surface area (Å²) in [6, 6.07) is 8.52. The summed E-state index contributed by atoms with van der Waals surface area (Å²) in [6.07, 6.45) is 3.23. The number of hydrogen-bond acceptors (Lipinski definition) is 3. The highest BCUT2D eigenvalue weighted by atomic mass is 32.2. The largest absolute Gasteiger partial charge is 0.348 e. The van der Waals surface area contributed by atoms with Crippen molar-refractivity contribution < 1.29 is 4.79 Å². The molecule has 1 fully saturated rings. The summed E-state index contributed by atoms with van der Waals surface area (Å²) in [4.78, 5) is 13.7. The Morgan fingerprint density at radius 2 is 2.21 bits per heavy atom. The second kappa shape index (κ2) is 5.55. The van der Waals surface area contributed by atoms with E-state index in [9.17, 15) is 4.79 Å². The molecule has 102 valence electrons. The molecule has 0 radical (unpaired) electrons. The number of carbonyl (C=O) groups is 1. The average molecular weight is 276 g/mol. The monoisotopic (exact) mass is 276 g/mol. The van der Waals surface area contributed by atoms with E-state index < -0.39 is 0 Å². The fourth-order valence-corrected chi connectivity index (χ4v) is 4.39. The molecule has 1 aliphatic heterocycles. The van der Waals surface area contributed by atoms with Crippen LogP contribution >= 0.6 is 11.8 Å². The first-order chi connectivity index (χ1) is 9.29. The molecule has 3 atom stereocenters. The zero-order valence-electron chi connectivity index (χ0n) is 11.0. The van der Waals surface area contributed by atoms with Crippen molar-refractivity contribution in [2.75, 3.05) is 12.3 Å². The maximum absolute atomic E-state index is 12.4. The smallest absolute Gasteiger partial charge is 0.223 e. The van der Waals surface area contributed by atoms with Gasteiger partial charge in [-0.1, -0.05) is 24.6 Å². The van der Waals surface area contributed by atoms with Gasteiger partial charge >= 0.3 is 0 Å². The number of nitrogens with two attached hydrogens (primary N) is 1. The van der Waals surface area contributed by atoms with E-state index in [-0.39, 0.29) is 17.9 Å².